The van der Waals surface area contributed by atoms with E-state index in [9.17, 15) is 9.59 Å². The van der Waals surface area contributed by atoms with Gasteiger partial charge in [0.05, 0.1) is 0 Å². The number of nitrogens with one attached hydrogen (secondary N) is 1. The monoisotopic (exact) mass is 191 g/mol. The molecule has 0 bridgehead atoms. The van der Waals surface area contributed by atoms with Gasteiger partial charge >= 0.3 is 0 Å². The minimum atomic E-state index is -0.0430. The second-order valence-electron chi connectivity index (χ2n) is 2.45. The van der Waals surface area contributed by atoms with Gasteiger partial charge in [-0.3, -0.25) is 9.59 Å². The van der Waals surface area contributed by atoms with Crippen LogP contribution in [-0.4, -0.2) is 23.3 Å². The topological polar surface area (TPSA) is 46.2 Å². The summed E-state index contributed by atoms with van der Waals surface area (Å²) >= 11 is 1.29. The fourth-order valence-corrected chi connectivity index (χ4v) is 1.45. The van der Waals surface area contributed by atoms with Crippen molar-refractivity contribution in [3.8, 4) is 0 Å². The van der Waals surface area contributed by atoms with Gasteiger partial charge in [0.2, 0.25) is 5.91 Å². The number of hydrogen-bond donors (Lipinski definition) is 1. The highest BCUT2D eigenvalue weighted by molar-refractivity contribution is 8.13. The third-order valence-corrected chi connectivity index (χ3v) is 2.13. The lowest BCUT2D eigenvalue weighted by molar-refractivity contribution is -0.118. The van der Waals surface area contributed by atoms with E-state index in [2.05, 4.69) is 5.32 Å². The van der Waals surface area contributed by atoms with Crippen LogP contribution >= 0.6 is 11.8 Å². The number of amides is 1. The van der Waals surface area contributed by atoms with Crippen molar-refractivity contribution in [2.24, 2.45) is 0 Å². The van der Waals surface area contributed by atoms with Gasteiger partial charge in [0.25, 0.3) is 0 Å². The van der Waals surface area contributed by atoms with E-state index in [1.54, 1.807) is 0 Å². The molecule has 70 valence electrons. The van der Waals surface area contributed by atoms with E-state index in [0.29, 0.717) is 18.7 Å². The molecule has 0 aromatic carbocycles. The van der Waals surface area contributed by atoms with Crippen molar-refractivity contribution in [2.45, 2.75) is 26.7 Å². The van der Waals surface area contributed by atoms with Gasteiger partial charge in [-0.1, -0.05) is 18.7 Å². The average Bonchev–Trinajstić information content (AvgIpc) is 1.98. The van der Waals surface area contributed by atoms with Gasteiger partial charge in [-0.2, -0.15) is 0 Å². The second-order valence-corrected chi connectivity index (χ2v) is 3.61. The largest absolute Gasteiger partial charge is 0.356 e. The zero-order chi connectivity index (χ0) is 9.40. The Kier molecular flexibility index (Phi) is 6.85. The van der Waals surface area contributed by atoms with E-state index in [1.165, 1.54) is 18.7 Å². The predicted octanol–water partition coefficient (Wildman–Crippen LogP) is 1.18. The van der Waals surface area contributed by atoms with Crippen molar-refractivity contribution in [1.82, 2.24) is 5.32 Å². The molecule has 0 saturated heterocycles. The molecule has 0 spiro atoms. The number of carbonyl (C=O) groups is 2. The normalized spacial score (nSPS) is 9.50. The first-order valence-electron chi connectivity index (χ1n) is 4.07. The van der Waals surface area contributed by atoms with Crippen LogP contribution in [0.15, 0.2) is 0 Å². The second kappa shape index (κ2) is 7.16. The van der Waals surface area contributed by atoms with Crippen molar-refractivity contribution in [3.63, 3.8) is 0 Å². The van der Waals surface area contributed by atoms with Gasteiger partial charge in [0, 0.05) is 25.6 Å². The van der Waals surface area contributed by atoms with E-state index >= 15 is 0 Å². The summed E-state index contributed by atoms with van der Waals surface area (Å²) in [6.45, 7) is 4.03. The molecule has 0 aliphatic heterocycles. The summed E-state index contributed by atoms with van der Waals surface area (Å²) in [6.07, 6.45) is 1.52. The van der Waals surface area contributed by atoms with E-state index in [-0.39, 0.29) is 11.0 Å². The van der Waals surface area contributed by atoms with Gasteiger partial charge < -0.3 is 5.32 Å². The molecule has 4 heteroatoms. The summed E-state index contributed by atoms with van der Waals surface area (Å²) in [6, 6.07) is 0. The van der Waals surface area contributed by atoms with Crippen molar-refractivity contribution >= 4 is 22.8 Å². The molecule has 1 N–H and O–H groups in total. The summed E-state index contributed by atoms with van der Waals surface area (Å²) < 4.78 is 0. The molecule has 0 aliphatic carbocycles. The predicted molar refractivity (Wildman–Crippen MR) is 51.1 cm³/mol. The van der Waals surface area contributed by atoms with Gasteiger partial charge in [0.1, 0.15) is 0 Å². The van der Waals surface area contributed by atoms with Gasteiger partial charge in [-0.15, -0.1) is 0 Å². The van der Waals surface area contributed by atoms with Crippen molar-refractivity contribution in [1.29, 1.82) is 0 Å². The van der Waals surface area contributed by atoms with E-state index in [0.717, 1.165) is 6.42 Å². The summed E-state index contributed by atoms with van der Waals surface area (Å²) in [5.74, 6) is 0.636. The molecule has 0 atom stereocenters. The Bertz CT molecular complexity index is 159. The van der Waals surface area contributed by atoms with Gasteiger partial charge in [-0.05, 0) is 6.42 Å². The Hall–Kier alpha value is -0.510. The number of thioether (sulfide) groups is 1. The SMILES string of the molecule is C[13CH2][13CH2]C(=O)SCCNC(C)=O. The van der Waals surface area contributed by atoms with Crippen LogP contribution in [0.4, 0.5) is 0 Å². The number of carbonyl (C=O) groups excluding carboxylic acids is 2. The molecule has 0 aromatic rings. The van der Waals surface area contributed by atoms with Crippen LogP contribution in [-0.2, 0) is 9.59 Å². The molecule has 0 aromatic heterocycles. The van der Waals surface area contributed by atoms with Crippen molar-refractivity contribution in [3.05, 3.63) is 0 Å². The van der Waals surface area contributed by atoms with Crippen LogP contribution in [0.2, 0.25) is 0 Å². The molecule has 1 amide bonds. The molecule has 0 radical (unpaired) electrons. The maximum absolute atomic E-state index is 10.9. The third-order valence-electron chi connectivity index (χ3n) is 1.19. The number of rotatable bonds is 5. The molecular formula is C8H15NO2S. The first kappa shape index (κ1) is 11.5. The van der Waals surface area contributed by atoms with E-state index in [4.69, 9.17) is 0 Å². The van der Waals surface area contributed by atoms with Gasteiger partial charge in [-0.25, -0.2) is 0 Å². The zero-order valence-electron chi connectivity index (χ0n) is 7.55. The molecule has 12 heavy (non-hydrogen) atoms. The Morgan fingerprint density at radius 1 is 1.42 bits per heavy atom. The molecule has 3 nitrogen and oxygen atoms in total. The minimum Gasteiger partial charge on any atom is -0.356 e. The summed E-state index contributed by atoms with van der Waals surface area (Å²) in [5, 5.41) is 2.84. The fourth-order valence-electron chi connectivity index (χ4n) is 0.668. The first-order chi connectivity index (χ1) is 5.66. The van der Waals surface area contributed by atoms with E-state index < -0.39 is 0 Å². The molecular weight excluding hydrogens is 176 g/mol. The summed E-state index contributed by atoms with van der Waals surface area (Å²) in [7, 11) is 0. The molecule has 0 aliphatic rings. The zero-order valence-corrected chi connectivity index (χ0v) is 8.37. The lowest BCUT2D eigenvalue weighted by Crippen LogP contribution is -2.22. The van der Waals surface area contributed by atoms with Crippen LogP contribution in [0, 0.1) is 0 Å². The molecule has 0 rings (SSSR count). The standard InChI is InChI=1S/C8H15NO2S/c1-3-4-8(11)12-6-5-9-7(2)10/h3-6H2,1-2H3,(H,9,10)/i3+1,4+1. The number of hydrogen-bond acceptors (Lipinski definition) is 3. The Balaban J connectivity index is 3.19. The smallest absolute Gasteiger partial charge is 0.216 e. The lowest BCUT2D eigenvalue weighted by Gasteiger charge is -2.00. The van der Waals surface area contributed by atoms with Crippen LogP contribution in [0.5, 0.6) is 0 Å². The summed E-state index contributed by atoms with van der Waals surface area (Å²) in [4.78, 5) is 21.3. The summed E-state index contributed by atoms with van der Waals surface area (Å²) in [5.41, 5.74) is 0. The third kappa shape index (κ3) is 7.60. The highest BCUT2D eigenvalue weighted by Crippen LogP contribution is 2.05. The van der Waals surface area contributed by atoms with Crippen LogP contribution in [0.1, 0.15) is 26.7 Å². The maximum Gasteiger partial charge on any atom is 0.216 e. The van der Waals surface area contributed by atoms with Crippen LogP contribution in [0.3, 0.4) is 0 Å². The Morgan fingerprint density at radius 2 is 2.08 bits per heavy atom. The first-order valence-corrected chi connectivity index (χ1v) is 5.05. The van der Waals surface area contributed by atoms with Crippen LogP contribution in [0.25, 0.3) is 0 Å². The van der Waals surface area contributed by atoms with Crippen molar-refractivity contribution in [2.75, 3.05) is 12.3 Å². The lowest BCUT2D eigenvalue weighted by atomic mass is 10.6. The molecule has 0 heterocycles. The Morgan fingerprint density at radius 3 is 2.58 bits per heavy atom. The maximum atomic E-state index is 10.9. The molecule has 0 unspecified atom stereocenters. The quantitative estimate of drug-likeness (QED) is 0.524. The van der Waals surface area contributed by atoms with Crippen LogP contribution < -0.4 is 5.32 Å². The van der Waals surface area contributed by atoms with E-state index in [1.807, 2.05) is 6.92 Å². The highest BCUT2D eigenvalue weighted by atomic mass is 32.2. The Labute approximate surface area is 77.3 Å². The van der Waals surface area contributed by atoms with Gasteiger partial charge in [0.15, 0.2) is 5.12 Å². The molecule has 0 saturated carbocycles. The molecule has 0 fully saturated rings. The fraction of sp³-hybridized carbons (Fsp3) is 0.750. The highest BCUT2D eigenvalue weighted by Gasteiger charge is 1.99. The van der Waals surface area contributed by atoms with Crippen molar-refractivity contribution < 1.29 is 9.59 Å². The minimum absolute atomic E-state index is 0.0430. The average molecular weight is 191 g/mol.